The van der Waals surface area contributed by atoms with E-state index in [-0.39, 0.29) is 16.7 Å². The Morgan fingerprint density at radius 1 is 0.966 bits per heavy atom. The molecule has 2 aromatic heterocycles. The Morgan fingerprint density at radius 3 is 2.24 bits per heavy atom. The Hall–Kier alpha value is -2.82. The number of amides is 1. The minimum atomic E-state index is -0.714. The molecule has 5 heteroatoms. The number of fused-ring (bicyclic) bond motifs is 6. The van der Waals surface area contributed by atoms with Crippen molar-refractivity contribution in [2.24, 2.45) is 5.41 Å². The van der Waals surface area contributed by atoms with E-state index in [2.05, 4.69) is 57.1 Å². The zero-order chi connectivity index (χ0) is 20.6. The third kappa shape index (κ3) is 2.10. The van der Waals surface area contributed by atoms with Gasteiger partial charge in [-0.15, -0.1) is 0 Å². The number of benzene rings is 1. The van der Waals surface area contributed by atoms with Crippen LogP contribution in [0.2, 0.25) is 0 Å². The summed E-state index contributed by atoms with van der Waals surface area (Å²) in [6.07, 6.45) is 3.39. The van der Waals surface area contributed by atoms with Crippen molar-refractivity contribution in [1.82, 2.24) is 15.0 Å². The number of nitrogens with zero attached hydrogens (tertiary/aromatic N) is 3. The molecule has 1 aromatic carbocycles. The monoisotopic (exact) mass is 386 g/mol. The lowest BCUT2D eigenvalue weighted by Crippen LogP contribution is -2.48. The first kappa shape index (κ1) is 18.2. The second kappa shape index (κ2) is 5.62. The quantitative estimate of drug-likeness (QED) is 0.698. The third-order valence-corrected chi connectivity index (χ3v) is 7.95. The molecule has 5 rings (SSSR count). The van der Waals surface area contributed by atoms with Gasteiger partial charge in [0.1, 0.15) is 5.82 Å². The smallest absolute Gasteiger partial charge is 0.238 e. The number of nitrogens with one attached hydrogen (secondary N) is 1. The first-order chi connectivity index (χ1) is 13.7. The predicted octanol–water partition coefficient (Wildman–Crippen LogP) is 4.61. The summed E-state index contributed by atoms with van der Waals surface area (Å²) in [5, 5.41) is 3.07. The van der Waals surface area contributed by atoms with Gasteiger partial charge in [0, 0.05) is 11.6 Å². The highest BCUT2D eigenvalue weighted by molar-refractivity contribution is 6.01. The number of hydrogen-bond donors (Lipinski definition) is 1. The van der Waals surface area contributed by atoms with E-state index in [1.807, 2.05) is 18.2 Å². The van der Waals surface area contributed by atoms with Crippen LogP contribution in [-0.2, 0) is 15.6 Å². The summed E-state index contributed by atoms with van der Waals surface area (Å²) in [7, 11) is 0. The van der Waals surface area contributed by atoms with E-state index in [4.69, 9.17) is 9.97 Å². The van der Waals surface area contributed by atoms with Crippen LogP contribution in [0.4, 0.5) is 5.82 Å². The topological polar surface area (TPSA) is 67.8 Å². The number of rotatable bonds is 2. The van der Waals surface area contributed by atoms with Gasteiger partial charge in [-0.25, -0.2) is 15.0 Å². The number of aryl methyl sites for hydroxylation is 2. The second-order valence-corrected chi connectivity index (χ2v) is 9.38. The van der Waals surface area contributed by atoms with Gasteiger partial charge < -0.3 is 5.32 Å². The molecule has 2 unspecified atom stereocenters. The molecule has 0 aliphatic heterocycles. The maximum Gasteiger partial charge on any atom is 0.238 e. The van der Waals surface area contributed by atoms with Gasteiger partial charge in [-0.1, -0.05) is 26.8 Å². The SMILES string of the molecule is Cc1cc2nc3c(nc2cc1C)C1(C(=O)Nc2ccccn2)CCC3(C)C1(C)C. The van der Waals surface area contributed by atoms with Crippen molar-refractivity contribution < 1.29 is 4.79 Å². The molecular weight excluding hydrogens is 360 g/mol. The van der Waals surface area contributed by atoms with Gasteiger partial charge in [0.25, 0.3) is 0 Å². The molecule has 0 radical (unpaired) electrons. The molecule has 2 aliphatic carbocycles. The van der Waals surface area contributed by atoms with Gasteiger partial charge in [-0.05, 0) is 67.5 Å². The molecular formula is C24H26N4O. The van der Waals surface area contributed by atoms with E-state index in [9.17, 15) is 4.79 Å². The van der Waals surface area contributed by atoms with Crippen LogP contribution >= 0.6 is 0 Å². The molecule has 1 N–H and O–H groups in total. The minimum Gasteiger partial charge on any atom is -0.310 e. The fraction of sp³-hybridized carbons (Fsp3) is 0.417. The molecule has 0 saturated heterocycles. The summed E-state index contributed by atoms with van der Waals surface area (Å²) in [6.45, 7) is 10.8. The van der Waals surface area contributed by atoms with E-state index in [0.29, 0.717) is 5.82 Å². The summed E-state index contributed by atoms with van der Waals surface area (Å²) in [5.74, 6) is 0.547. The average molecular weight is 386 g/mol. The van der Waals surface area contributed by atoms with Gasteiger partial charge >= 0.3 is 0 Å². The van der Waals surface area contributed by atoms with Gasteiger partial charge in [0.2, 0.25) is 5.91 Å². The highest BCUT2D eigenvalue weighted by Crippen LogP contribution is 2.70. The fourth-order valence-corrected chi connectivity index (χ4v) is 5.52. The second-order valence-electron chi connectivity index (χ2n) is 9.38. The lowest BCUT2D eigenvalue weighted by molar-refractivity contribution is -0.125. The minimum absolute atomic E-state index is 0.0267. The Labute approximate surface area is 171 Å². The van der Waals surface area contributed by atoms with E-state index >= 15 is 0 Å². The molecule has 2 heterocycles. The van der Waals surface area contributed by atoms with Crippen molar-refractivity contribution in [3.63, 3.8) is 0 Å². The summed E-state index contributed by atoms with van der Waals surface area (Å²) in [4.78, 5) is 28.2. The Kier molecular flexibility index (Phi) is 3.53. The summed E-state index contributed by atoms with van der Waals surface area (Å²) in [5.41, 5.74) is 4.80. The van der Waals surface area contributed by atoms with Crippen molar-refractivity contribution in [2.75, 3.05) is 5.32 Å². The molecule has 29 heavy (non-hydrogen) atoms. The molecule has 2 aliphatic rings. The lowest BCUT2D eigenvalue weighted by Gasteiger charge is -2.39. The maximum atomic E-state index is 13.8. The van der Waals surface area contributed by atoms with Crippen LogP contribution < -0.4 is 5.32 Å². The number of pyridine rings is 1. The number of carbonyl (C=O) groups is 1. The molecule has 1 amide bonds. The molecule has 1 saturated carbocycles. The Morgan fingerprint density at radius 2 is 1.62 bits per heavy atom. The molecule has 5 nitrogen and oxygen atoms in total. The van der Waals surface area contributed by atoms with Gasteiger partial charge in [-0.2, -0.15) is 0 Å². The molecule has 3 aromatic rings. The van der Waals surface area contributed by atoms with Crippen LogP contribution in [0.5, 0.6) is 0 Å². The first-order valence-corrected chi connectivity index (χ1v) is 10.2. The number of hydrogen-bond acceptors (Lipinski definition) is 4. The van der Waals surface area contributed by atoms with Crippen LogP contribution in [0.25, 0.3) is 11.0 Å². The highest BCUT2D eigenvalue weighted by Gasteiger charge is 2.73. The number of aromatic nitrogens is 3. The average Bonchev–Trinajstić information content (AvgIpc) is 2.98. The summed E-state index contributed by atoms with van der Waals surface area (Å²) in [6, 6.07) is 9.75. The Bertz CT molecular complexity index is 1170. The highest BCUT2D eigenvalue weighted by atomic mass is 16.2. The van der Waals surface area contributed by atoms with Crippen LogP contribution in [0.3, 0.4) is 0 Å². The van der Waals surface area contributed by atoms with E-state index in [1.165, 1.54) is 11.1 Å². The largest absolute Gasteiger partial charge is 0.310 e. The standard InChI is InChI=1S/C24H26N4O/c1-14-12-16-17(13-15(14)2)27-20-19(26-16)23(5)9-10-24(20,22(23,3)4)21(29)28-18-8-6-7-11-25-18/h6-8,11-13H,9-10H2,1-5H3,(H,25,28,29). The zero-order valence-corrected chi connectivity index (χ0v) is 17.6. The van der Waals surface area contributed by atoms with Gasteiger partial charge in [0.05, 0.1) is 27.8 Å². The fourth-order valence-electron chi connectivity index (χ4n) is 5.52. The van der Waals surface area contributed by atoms with E-state index in [1.54, 1.807) is 6.20 Å². The summed E-state index contributed by atoms with van der Waals surface area (Å²) < 4.78 is 0. The number of carbonyl (C=O) groups excluding carboxylic acids is 1. The Balaban J connectivity index is 1.73. The molecule has 0 spiro atoms. The van der Waals surface area contributed by atoms with Crippen molar-refractivity contribution in [2.45, 2.75) is 58.3 Å². The first-order valence-electron chi connectivity index (χ1n) is 10.2. The van der Waals surface area contributed by atoms with Crippen molar-refractivity contribution in [3.8, 4) is 0 Å². The molecule has 2 atom stereocenters. The van der Waals surface area contributed by atoms with E-state index in [0.717, 1.165) is 35.3 Å². The van der Waals surface area contributed by atoms with Crippen LogP contribution in [0, 0.1) is 19.3 Å². The zero-order valence-electron chi connectivity index (χ0n) is 17.6. The summed E-state index contributed by atoms with van der Waals surface area (Å²) >= 11 is 0. The molecule has 1 fully saturated rings. The maximum absolute atomic E-state index is 13.8. The van der Waals surface area contributed by atoms with E-state index < -0.39 is 5.41 Å². The normalized spacial score (nSPS) is 26.5. The van der Waals surface area contributed by atoms with Crippen molar-refractivity contribution >= 4 is 22.8 Å². The van der Waals surface area contributed by atoms with Crippen LogP contribution in [0.1, 0.15) is 56.1 Å². The van der Waals surface area contributed by atoms with Crippen molar-refractivity contribution in [1.29, 1.82) is 0 Å². The van der Waals surface area contributed by atoms with Gasteiger partial charge in [0.15, 0.2) is 0 Å². The van der Waals surface area contributed by atoms with Crippen LogP contribution in [0.15, 0.2) is 36.5 Å². The third-order valence-electron chi connectivity index (χ3n) is 7.95. The van der Waals surface area contributed by atoms with Crippen molar-refractivity contribution in [3.05, 3.63) is 59.0 Å². The van der Waals surface area contributed by atoms with Gasteiger partial charge in [-0.3, -0.25) is 4.79 Å². The number of anilines is 1. The molecule has 2 bridgehead atoms. The molecule has 148 valence electrons. The van der Waals surface area contributed by atoms with Crippen LogP contribution in [-0.4, -0.2) is 20.9 Å². The predicted molar refractivity (Wildman–Crippen MR) is 114 cm³/mol. The lowest BCUT2D eigenvalue weighted by atomic mass is 9.63.